The molecule has 1 aromatic heterocycles. The Hall–Kier alpha value is -0.160. The van der Waals surface area contributed by atoms with Crippen molar-refractivity contribution in [2.24, 2.45) is 0 Å². The number of nitrogens with one attached hydrogen (secondary N) is 1. The first-order valence-corrected chi connectivity index (χ1v) is 7.90. The van der Waals surface area contributed by atoms with E-state index in [0.717, 1.165) is 15.5 Å². The fourth-order valence-corrected chi connectivity index (χ4v) is 3.85. The molecule has 1 unspecified atom stereocenters. The summed E-state index contributed by atoms with van der Waals surface area (Å²) in [6, 6.07) is 10.9. The van der Waals surface area contributed by atoms with Crippen LogP contribution in [0.1, 0.15) is 23.4 Å². The maximum atomic E-state index is 3.64. The van der Waals surface area contributed by atoms with Crippen LogP contribution >= 0.6 is 43.2 Å². The fourth-order valence-electron chi connectivity index (χ4n) is 1.76. The van der Waals surface area contributed by atoms with Crippen molar-refractivity contribution in [1.82, 2.24) is 5.32 Å². The van der Waals surface area contributed by atoms with Crippen molar-refractivity contribution in [3.63, 3.8) is 0 Å². The number of hydrogen-bond donors (Lipinski definition) is 1. The van der Waals surface area contributed by atoms with E-state index >= 15 is 0 Å². The second-order valence-electron chi connectivity index (χ2n) is 3.67. The van der Waals surface area contributed by atoms with Crippen LogP contribution < -0.4 is 5.32 Å². The number of thiophene rings is 1. The fraction of sp³-hybridized carbons (Fsp3) is 0.231. The van der Waals surface area contributed by atoms with Crippen LogP contribution in [-0.4, -0.2) is 6.54 Å². The third kappa shape index (κ3) is 3.19. The van der Waals surface area contributed by atoms with Crippen molar-refractivity contribution < 1.29 is 0 Å². The van der Waals surface area contributed by atoms with Crippen LogP contribution in [0.3, 0.4) is 0 Å². The average Bonchev–Trinajstić information content (AvgIpc) is 2.80. The van der Waals surface area contributed by atoms with E-state index in [9.17, 15) is 0 Å². The highest BCUT2D eigenvalue weighted by Gasteiger charge is 2.16. The number of benzene rings is 1. The average molecular weight is 375 g/mol. The van der Waals surface area contributed by atoms with Gasteiger partial charge in [0.15, 0.2) is 0 Å². The van der Waals surface area contributed by atoms with Gasteiger partial charge in [0.25, 0.3) is 0 Å². The molecule has 0 aliphatic heterocycles. The van der Waals surface area contributed by atoms with Crippen LogP contribution in [0.15, 0.2) is 44.7 Å². The highest BCUT2D eigenvalue weighted by molar-refractivity contribution is 9.11. The van der Waals surface area contributed by atoms with Crippen molar-refractivity contribution in [3.05, 3.63) is 55.1 Å². The molecule has 0 bridgehead atoms. The summed E-state index contributed by atoms with van der Waals surface area (Å²) in [5.41, 5.74) is 1.28. The highest BCUT2D eigenvalue weighted by Crippen LogP contribution is 2.32. The molecule has 0 aliphatic carbocycles. The van der Waals surface area contributed by atoms with Crippen LogP contribution in [-0.2, 0) is 0 Å². The Morgan fingerprint density at radius 1 is 1.29 bits per heavy atom. The van der Waals surface area contributed by atoms with E-state index in [1.165, 1.54) is 10.4 Å². The molecule has 2 rings (SSSR count). The minimum atomic E-state index is 0.266. The topological polar surface area (TPSA) is 12.0 Å². The lowest BCUT2D eigenvalue weighted by Crippen LogP contribution is -2.21. The zero-order valence-electron chi connectivity index (χ0n) is 9.41. The van der Waals surface area contributed by atoms with E-state index in [1.54, 1.807) is 11.3 Å². The predicted molar refractivity (Wildman–Crippen MR) is 81.7 cm³/mol. The molecule has 1 N–H and O–H groups in total. The first-order chi connectivity index (χ1) is 8.22. The zero-order chi connectivity index (χ0) is 12.3. The van der Waals surface area contributed by atoms with Crippen molar-refractivity contribution >= 4 is 43.2 Å². The van der Waals surface area contributed by atoms with E-state index in [2.05, 4.69) is 79.8 Å². The van der Waals surface area contributed by atoms with Gasteiger partial charge in [-0.05, 0) is 35.7 Å². The first kappa shape index (κ1) is 13.3. The molecule has 0 radical (unpaired) electrons. The number of rotatable bonds is 4. The molecule has 2 aromatic rings. The van der Waals surface area contributed by atoms with Crippen LogP contribution in [0.2, 0.25) is 0 Å². The number of hydrogen-bond acceptors (Lipinski definition) is 2. The Labute approximate surface area is 123 Å². The summed E-state index contributed by atoms with van der Waals surface area (Å²) in [5, 5.41) is 5.64. The molecule has 17 heavy (non-hydrogen) atoms. The van der Waals surface area contributed by atoms with Gasteiger partial charge in [-0.25, -0.2) is 0 Å². The van der Waals surface area contributed by atoms with Crippen LogP contribution in [0.5, 0.6) is 0 Å². The maximum Gasteiger partial charge on any atom is 0.0681 e. The summed E-state index contributed by atoms with van der Waals surface area (Å²) in [5.74, 6) is 0. The number of halogens is 2. The zero-order valence-corrected chi connectivity index (χ0v) is 13.4. The summed E-state index contributed by atoms with van der Waals surface area (Å²) in [4.78, 5) is 1.34. The van der Waals surface area contributed by atoms with Gasteiger partial charge in [0.1, 0.15) is 0 Å². The molecule has 1 atom stereocenters. The SMILES string of the molecule is CCNC(c1cccs1)c1ccc(Br)cc1Br. The molecule has 1 heterocycles. The Bertz CT molecular complexity index is 482. The summed E-state index contributed by atoms with van der Waals surface area (Å²) < 4.78 is 2.22. The summed E-state index contributed by atoms with van der Waals surface area (Å²) >= 11 is 8.91. The monoisotopic (exact) mass is 373 g/mol. The van der Waals surface area contributed by atoms with Crippen molar-refractivity contribution in [2.45, 2.75) is 13.0 Å². The first-order valence-electron chi connectivity index (χ1n) is 5.44. The van der Waals surface area contributed by atoms with E-state index in [-0.39, 0.29) is 6.04 Å². The molecule has 90 valence electrons. The molecule has 0 fully saturated rings. The Kier molecular flexibility index (Phi) is 4.79. The van der Waals surface area contributed by atoms with E-state index < -0.39 is 0 Å². The summed E-state index contributed by atoms with van der Waals surface area (Å²) in [6.45, 7) is 3.08. The molecule has 0 spiro atoms. The van der Waals surface area contributed by atoms with Gasteiger partial charge >= 0.3 is 0 Å². The van der Waals surface area contributed by atoms with E-state index in [1.807, 2.05) is 0 Å². The van der Waals surface area contributed by atoms with Crippen LogP contribution in [0.25, 0.3) is 0 Å². The summed E-state index contributed by atoms with van der Waals surface area (Å²) in [6.07, 6.45) is 0. The molecule has 0 saturated carbocycles. The lowest BCUT2D eigenvalue weighted by Gasteiger charge is -2.18. The second-order valence-corrected chi connectivity index (χ2v) is 6.42. The largest absolute Gasteiger partial charge is 0.306 e. The standard InChI is InChI=1S/C13H13Br2NS/c1-2-16-13(12-4-3-7-17-12)10-6-5-9(14)8-11(10)15/h3-8,13,16H,2H2,1H3. The maximum absolute atomic E-state index is 3.64. The third-order valence-electron chi connectivity index (χ3n) is 2.51. The quantitative estimate of drug-likeness (QED) is 0.796. The second kappa shape index (κ2) is 6.14. The Morgan fingerprint density at radius 3 is 2.71 bits per heavy atom. The molecule has 0 amide bonds. The predicted octanol–water partition coefficient (Wildman–Crippen LogP) is 4.97. The Morgan fingerprint density at radius 2 is 2.12 bits per heavy atom. The molecular formula is C13H13Br2NS. The lowest BCUT2D eigenvalue weighted by molar-refractivity contribution is 0.637. The van der Waals surface area contributed by atoms with Gasteiger partial charge in [-0.15, -0.1) is 11.3 Å². The van der Waals surface area contributed by atoms with Crippen LogP contribution in [0.4, 0.5) is 0 Å². The molecule has 4 heteroatoms. The molecular weight excluding hydrogens is 362 g/mol. The minimum absolute atomic E-state index is 0.266. The van der Waals surface area contributed by atoms with Gasteiger partial charge in [0.2, 0.25) is 0 Å². The Balaban J connectivity index is 2.39. The van der Waals surface area contributed by atoms with Gasteiger partial charge in [-0.3, -0.25) is 0 Å². The summed E-state index contributed by atoms with van der Waals surface area (Å²) in [7, 11) is 0. The van der Waals surface area contributed by atoms with Gasteiger partial charge in [0, 0.05) is 13.8 Å². The van der Waals surface area contributed by atoms with Crippen molar-refractivity contribution in [2.75, 3.05) is 6.54 Å². The van der Waals surface area contributed by atoms with E-state index in [0.29, 0.717) is 0 Å². The lowest BCUT2D eigenvalue weighted by atomic mass is 10.1. The van der Waals surface area contributed by atoms with Gasteiger partial charge < -0.3 is 5.32 Å². The highest BCUT2D eigenvalue weighted by atomic mass is 79.9. The normalized spacial score (nSPS) is 12.6. The van der Waals surface area contributed by atoms with Gasteiger partial charge in [0.05, 0.1) is 6.04 Å². The third-order valence-corrected chi connectivity index (χ3v) is 4.63. The molecule has 1 aromatic carbocycles. The molecule has 0 aliphatic rings. The molecule has 0 saturated heterocycles. The van der Waals surface area contributed by atoms with Gasteiger partial charge in [-0.2, -0.15) is 0 Å². The smallest absolute Gasteiger partial charge is 0.0681 e. The van der Waals surface area contributed by atoms with Crippen molar-refractivity contribution in [3.8, 4) is 0 Å². The molecule has 1 nitrogen and oxygen atoms in total. The van der Waals surface area contributed by atoms with Gasteiger partial charge in [-0.1, -0.05) is 50.9 Å². The minimum Gasteiger partial charge on any atom is -0.306 e. The van der Waals surface area contributed by atoms with Crippen LogP contribution in [0, 0.1) is 0 Å². The van der Waals surface area contributed by atoms with Crippen molar-refractivity contribution in [1.29, 1.82) is 0 Å². The van der Waals surface area contributed by atoms with E-state index in [4.69, 9.17) is 0 Å².